The lowest BCUT2D eigenvalue weighted by Crippen LogP contribution is -2.39. The molecular weight excluding hydrogens is 339 g/mol. The van der Waals surface area contributed by atoms with Crippen LogP contribution in [0.1, 0.15) is 46.6 Å². The van der Waals surface area contributed by atoms with Gasteiger partial charge in [0.2, 0.25) is 0 Å². The molecule has 4 nitrogen and oxygen atoms in total. The molecule has 1 unspecified atom stereocenters. The predicted molar refractivity (Wildman–Crippen MR) is 96.5 cm³/mol. The monoisotopic (exact) mass is 362 g/mol. The highest BCUT2D eigenvalue weighted by molar-refractivity contribution is 7.13. The minimum Gasteiger partial charge on any atom is -0.486 e. The summed E-state index contributed by atoms with van der Waals surface area (Å²) < 4.78 is 18.5. The number of ether oxygens (including phenoxy) is 1. The third-order valence-electron chi connectivity index (χ3n) is 4.59. The molecule has 0 saturated carbocycles. The Kier molecular flexibility index (Phi) is 5.68. The van der Waals surface area contributed by atoms with Crippen LogP contribution >= 0.6 is 11.3 Å². The molecule has 0 N–H and O–H groups in total. The number of thiazole rings is 1. The van der Waals surface area contributed by atoms with Gasteiger partial charge in [0.05, 0.1) is 5.69 Å². The number of nitrogens with zero attached hydrogens (tertiary/aromatic N) is 2. The normalized spacial score (nSPS) is 17.6. The summed E-state index contributed by atoms with van der Waals surface area (Å²) in [6.07, 6.45) is 3.39. The highest BCUT2D eigenvalue weighted by Gasteiger charge is 2.26. The van der Waals surface area contributed by atoms with Crippen LogP contribution < -0.4 is 4.74 Å². The number of benzene rings is 1. The maximum atomic E-state index is 12.9. The van der Waals surface area contributed by atoms with Crippen LogP contribution in [0.25, 0.3) is 0 Å². The minimum absolute atomic E-state index is 0.0844. The topological polar surface area (TPSA) is 42.4 Å². The first kappa shape index (κ1) is 17.9. The number of carbonyl (C=O) groups is 1. The second-order valence-corrected chi connectivity index (χ2v) is 7.52. The van der Waals surface area contributed by atoms with Crippen LogP contribution in [0, 0.1) is 18.7 Å². The maximum absolute atomic E-state index is 12.9. The second-order valence-electron chi connectivity index (χ2n) is 6.43. The van der Waals surface area contributed by atoms with E-state index in [1.807, 2.05) is 11.8 Å². The summed E-state index contributed by atoms with van der Waals surface area (Å²) in [7, 11) is 0. The van der Waals surface area contributed by atoms with E-state index in [9.17, 15) is 9.18 Å². The highest BCUT2D eigenvalue weighted by Crippen LogP contribution is 2.25. The second kappa shape index (κ2) is 7.95. The molecule has 1 aliphatic rings. The molecule has 1 amide bonds. The van der Waals surface area contributed by atoms with Crippen LogP contribution in [0.5, 0.6) is 5.75 Å². The van der Waals surface area contributed by atoms with Gasteiger partial charge in [0.15, 0.2) is 0 Å². The zero-order valence-electron chi connectivity index (χ0n) is 14.6. The molecule has 0 spiro atoms. The summed E-state index contributed by atoms with van der Waals surface area (Å²) in [4.78, 5) is 20.0. The van der Waals surface area contributed by atoms with Crippen molar-refractivity contribution >= 4 is 17.2 Å². The molecule has 1 aliphatic heterocycles. The Labute approximate surface area is 151 Å². The Bertz CT molecular complexity index is 730. The lowest BCUT2D eigenvalue weighted by Gasteiger charge is -2.32. The molecule has 6 heteroatoms. The van der Waals surface area contributed by atoms with Crippen molar-refractivity contribution in [2.24, 2.45) is 5.92 Å². The largest absolute Gasteiger partial charge is 0.486 e. The van der Waals surface area contributed by atoms with Gasteiger partial charge in [-0.2, -0.15) is 0 Å². The molecule has 1 saturated heterocycles. The first-order chi connectivity index (χ1) is 12.1. The first-order valence-corrected chi connectivity index (χ1v) is 9.52. The molecule has 1 fully saturated rings. The van der Waals surface area contributed by atoms with Crippen molar-refractivity contribution in [1.82, 2.24) is 9.88 Å². The molecule has 0 aliphatic carbocycles. The Morgan fingerprint density at radius 3 is 2.88 bits per heavy atom. The van der Waals surface area contributed by atoms with Crippen molar-refractivity contribution < 1.29 is 13.9 Å². The number of aryl methyl sites for hydroxylation is 1. The van der Waals surface area contributed by atoms with E-state index in [0.717, 1.165) is 36.6 Å². The first-order valence-electron chi connectivity index (χ1n) is 8.70. The number of aromatic nitrogens is 1. The van der Waals surface area contributed by atoms with Crippen molar-refractivity contribution in [1.29, 1.82) is 0 Å². The third-order valence-corrected chi connectivity index (χ3v) is 5.71. The van der Waals surface area contributed by atoms with Crippen molar-refractivity contribution in [3.05, 3.63) is 45.7 Å². The van der Waals surface area contributed by atoms with Crippen molar-refractivity contribution in [3.63, 3.8) is 0 Å². The summed E-state index contributed by atoms with van der Waals surface area (Å²) in [6, 6.07) is 5.89. The molecule has 1 atom stereocenters. The fourth-order valence-corrected chi connectivity index (χ4v) is 4.06. The van der Waals surface area contributed by atoms with E-state index in [0.29, 0.717) is 16.5 Å². The summed E-state index contributed by atoms with van der Waals surface area (Å²) in [5, 5.41) is 0.759. The Hall–Kier alpha value is -1.95. The highest BCUT2D eigenvalue weighted by atomic mass is 32.1. The van der Waals surface area contributed by atoms with Crippen LogP contribution in [0.4, 0.5) is 4.39 Å². The summed E-state index contributed by atoms with van der Waals surface area (Å²) in [6.45, 7) is 6.00. The van der Waals surface area contributed by atoms with Gasteiger partial charge in [0.1, 0.15) is 28.1 Å². The number of carbonyl (C=O) groups excluding carboxylic acids is 1. The molecule has 2 aromatic rings. The van der Waals surface area contributed by atoms with E-state index in [1.54, 1.807) is 12.1 Å². The summed E-state index contributed by atoms with van der Waals surface area (Å²) >= 11 is 1.39. The minimum atomic E-state index is -0.294. The van der Waals surface area contributed by atoms with Gasteiger partial charge in [0, 0.05) is 13.1 Å². The smallest absolute Gasteiger partial charge is 0.265 e. The van der Waals surface area contributed by atoms with Gasteiger partial charge in [0.25, 0.3) is 5.91 Å². The molecule has 0 bridgehead atoms. The lowest BCUT2D eigenvalue weighted by molar-refractivity contribution is 0.0675. The van der Waals surface area contributed by atoms with Gasteiger partial charge in [-0.25, -0.2) is 9.37 Å². The molecule has 1 aromatic carbocycles. The molecule has 25 heavy (non-hydrogen) atoms. The van der Waals surface area contributed by atoms with E-state index >= 15 is 0 Å². The summed E-state index contributed by atoms with van der Waals surface area (Å²) in [5.41, 5.74) is 0.756. The molecule has 0 radical (unpaired) electrons. The van der Waals surface area contributed by atoms with E-state index in [2.05, 4.69) is 11.9 Å². The van der Waals surface area contributed by atoms with Crippen molar-refractivity contribution in [2.75, 3.05) is 13.1 Å². The molecule has 1 aromatic heterocycles. The van der Waals surface area contributed by atoms with Gasteiger partial charge in [-0.05, 0) is 49.9 Å². The van der Waals surface area contributed by atoms with E-state index < -0.39 is 0 Å². The molecule has 134 valence electrons. The number of hydrogen-bond donors (Lipinski definition) is 0. The van der Waals surface area contributed by atoms with Crippen molar-refractivity contribution in [3.8, 4) is 5.75 Å². The maximum Gasteiger partial charge on any atom is 0.265 e. The van der Waals surface area contributed by atoms with Crippen LogP contribution in [-0.4, -0.2) is 28.9 Å². The van der Waals surface area contributed by atoms with Gasteiger partial charge in [-0.15, -0.1) is 11.3 Å². The lowest BCUT2D eigenvalue weighted by atomic mass is 9.95. The van der Waals surface area contributed by atoms with Gasteiger partial charge < -0.3 is 9.64 Å². The molecule has 2 heterocycles. The Morgan fingerprint density at radius 1 is 1.40 bits per heavy atom. The number of halogens is 1. The fraction of sp³-hybridized carbons (Fsp3) is 0.474. The van der Waals surface area contributed by atoms with Crippen LogP contribution in [0.15, 0.2) is 24.3 Å². The zero-order valence-corrected chi connectivity index (χ0v) is 15.4. The van der Waals surface area contributed by atoms with Crippen LogP contribution in [0.3, 0.4) is 0 Å². The third kappa shape index (κ3) is 4.37. The average molecular weight is 362 g/mol. The predicted octanol–water partition coefficient (Wildman–Crippen LogP) is 4.43. The number of hydrogen-bond acceptors (Lipinski definition) is 4. The van der Waals surface area contributed by atoms with E-state index in [-0.39, 0.29) is 18.3 Å². The van der Waals surface area contributed by atoms with Gasteiger partial charge in [-0.3, -0.25) is 4.79 Å². The van der Waals surface area contributed by atoms with E-state index in [1.165, 1.54) is 29.9 Å². The van der Waals surface area contributed by atoms with Crippen LogP contribution in [-0.2, 0) is 6.61 Å². The number of amides is 1. The standard InChI is InChI=1S/C19H23FN2O2S/c1-3-14-5-4-10-22(11-14)19(23)18-13(2)21-17(25-18)12-24-16-8-6-15(20)7-9-16/h6-9,14H,3-5,10-12H2,1-2H3. The average Bonchev–Trinajstić information content (AvgIpc) is 3.01. The number of piperidine rings is 1. The number of rotatable bonds is 5. The summed E-state index contributed by atoms with van der Waals surface area (Å²) in [5.74, 6) is 0.981. The Morgan fingerprint density at radius 2 is 2.16 bits per heavy atom. The van der Waals surface area contributed by atoms with Gasteiger partial charge >= 0.3 is 0 Å². The Balaban J connectivity index is 1.65. The molecular formula is C19H23FN2O2S. The fourth-order valence-electron chi connectivity index (χ4n) is 3.11. The quantitative estimate of drug-likeness (QED) is 0.790. The molecule has 3 rings (SSSR count). The van der Waals surface area contributed by atoms with E-state index in [4.69, 9.17) is 4.74 Å². The number of likely N-dealkylation sites (tertiary alicyclic amines) is 1. The van der Waals surface area contributed by atoms with Crippen LogP contribution in [0.2, 0.25) is 0 Å². The zero-order chi connectivity index (χ0) is 17.8. The van der Waals surface area contributed by atoms with Gasteiger partial charge in [-0.1, -0.05) is 13.3 Å². The SMILES string of the molecule is CCC1CCCN(C(=O)c2sc(COc3ccc(F)cc3)nc2C)C1. The van der Waals surface area contributed by atoms with Crippen molar-refractivity contribution in [2.45, 2.75) is 39.7 Å².